The Morgan fingerprint density at radius 1 is 1.29 bits per heavy atom. The molecule has 1 aliphatic heterocycles. The van der Waals surface area contributed by atoms with Gasteiger partial charge in [0.2, 0.25) is 0 Å². The van der Waals surface area contributed by atoms with Crippen molar-refractivity contribution in [2.75, 3.05) is 12.3 Å². The van der Waals surface area contributed by atoms with E-state index < -0.39 is 30.6 Å². The molecule has 1 aliphatic rings. The summed E-state index contributed by atoms with van der Waals surface area (Å²) in [5.41, 5.74) is 6.12. The van der Waals surface area contributed by atoms with Crippen LogP contribution in [0.4, 0.5) is 5.82 Å². The summed E-state index contributed by atoms with van der Waals surface area (Å²) >= 11 is 0. The number of pyridine rings is 1. The summed E-state index contributed by atoms with van der Waals surface area (Å²) in [6.07, 6.45) is 3.05. The highest BCUT2D eigenvalue weighted by Crippen LogP contribution is 2.40. The molecule has 144 valence electrons. The first-order valence-corrected chi connectivity index (χ1v) is 8.63. The van der Waals surface area contributed by atoms with E-state index in [-0.39, 0.29) is 5.82 Å². The van der Waals surface area contributed by atoms with Crippen molar-refractivity contribution in [1.29, 1.82) is 0 Å². The van der Waals surface area contributed by atoms with E-state index >= 15 is 0 Å². The normalized spacial score (nSPS) is 26.9. The van der Waals surface area contributed by atoms with Crippen LogP contribution in [0, 0.1) is 11.8 Å². The second kappa shape index (κ2) is 6.85. The molecule has 1 saturated heterocycles. The summed E-state index contributed by atoms with van der Waals surface area (Å²) in [5, 5.41) is 31.0. The van der Waals surface area contributed by atoms with Crippen LogP contribution in [0.25, 0.3) is 11.0 Å². The molecule has 9 nitrogen and oxygen atoms in total. The third-order valence-corrected chi connectivity index (χ3v) is 4.85. The lowest BCUT2D eigenvalue weighted by Crippen LogP contribution is -2.44. The Morgan fingerprint density at radius 2 is 2.04 bits per heavy atom. The first-order valence-electron chi connectivity index (χ1n) is 8.63. The minimum atomic E-state index is -1.66. The van der Waals surface area contributed by atoms with Gasteiger partial charge in [-0.3, -0.25) is 4.98 Å². The SMILES string of the molecule is CC1(O)C(O)C(CO)OC1n1cc(C#Cc2ccncc2)c2c(N)ncnc21. The van der Waals surface area contributed by atoms with Crippen LogP contribution >= 0.6 is 0 Å². The van der Waals surface area contributed by atoms with Gasteiger partial charge in [0, 0.05) is 24.2 Å². The largest absolute Gasteiger partial charge is 0.394 e. The van der Waals surface area contributed by atoms with E-state index in [0.717, 1.165) is 5.56 Å². The molecule has 28 heavy (non-hydrogen) atoms. The molecule has 4 heterocycles. The number of aliphatic hydroxyl groups excluding tert-OH is 2. The van der Waals surface area contributed by atoms with E-state index in [1.54, 1.807) is 35.3 Å². The summed E-state index contributed by atoms with van der Waals surface area (Å²) in [4.78, 5) is 12.2. The molecule has 3 aromatic rings. The van der Waals surface area contributed by atoms with Crippen molar-refractivity contribution in [1.82, 2.24) is 19.5 Å². The van der Waals surface area contributed by atoms with Crippen molar-refractivity contribution in [2.24, 2.45) is 0 Å². The van der Waals surface area contributed by atoms with E-state index in [0.29, 0.717) is 16.6 Å². The smallest absolute Gasteiger partial charge is 0.167 e. The minimum absolute atomic E-state index is 0.236. The molecule has 3 aromatic heterocycles. The molecule has 0 saturated carbocycles. The van der Waals surface area contributed by atoms with E-state index in [4.69, 9.17) is 10.5 Å². The van der Waals surface area contributed by atoms with Gasteiger partial charge in [-0.15, -0.1) is 0 Å². The van der Waals surface area contributed by atoms with Crippen LogP contribution in [0.5, 0.6) is 0 Å². The maximum Gasteiger partial charge on any atom is 0.167 e. The van der Waals surface area contributed by atoms with Gasteiger partial charge in [-0.2, -0.15) is 0 Å². The molecular formula is C19H19N5O4. The van der Waals surface area contributed by atoms with Crippen LogP contribution in [-0.4, -0.2) is 59.3 Å². The van der Waals surface area contributed by atoms with Crippen LogP contribution in [0.1, 0.15) is 24.3 Å². The quantitative estimate of drug-likeness (QED) is 0.448. The summed E-state index contributed by atoms with van der Waals surface area (Å²) in [5.74, 6) is 6.31. The van der Waals surface area contributed by atoms with Crippen LogP contribution in [0.3, 0.4) is 0 Å². The Labute approximate surface area is 160 Å². The zero-order valence-corrected chi connectivity index (χ0v) is 15.0. The minimum Gasteiger partial charge on any atom is -0.394 e. The van der Waals surface area contributed by atoms with Crippen LogP contribution in [0.15, 0.2) is 37.1 Å². The fourth-order valence-corrected chi connectivity index (χ4v) is 3.35. The zero-order valence-electron chi connectivity index (χ0n) is 15.0. The fourth-order valence-electron chi connectivity index (χ4n) is 3.35. The number of nitrogen functional groups attached to an aromatic ring is 1. The maximum atomic E-state index is 10.8. The van der Waals surface area contributed by atoms with Crippen LogP contribution in [-0.2, 0) is 4.74 Å². The summed E-state index contributed by atoms with van der Waals surface area (Å²) in [6.45, 7) is 1.01. The first kappa shape index (κ1) is 18.3. The molecular weight excluding hydrogens is 362 g/mol. The number of nitrogens with zero attached hydrogens (tertiary/aromatic N) is 4. The Bertz CT molecular complexity index is 1070. The van der Waals surface area contributed by atoms with Gasteiger partial charge in [0.15, 0.2) is 6.23 Å². The summed E-state index contributed by atoms with van der Waals surface area (Å²) < 4.78 is 7.26. The summed E-state index contributed by atoms with van der Waals surface area (Å²) in [6, 6.07) is 3.55. The van der Waals surface area contributed by atoms with Crippen molar-refractivity contribution < 1.29 is 20.1 Å². The van der Waals surface area contributed by atoms with Crippen molar-refractivity contribution in [3.63, 3.8) is 0 Å². The highest BCUT2D eigenvalue weighted by atomic mass is 16.6. The Balaban J connectivity index is 1.85. The van der Waals surface area contributed by atoms with Gasteiger partial charge in [-0.05, 0) is 19.1 Å². The van der Waals surface area contributed by atoms with Gasteiger partial charge < -0.3 is 30.4 Å². The number of nitrogens with two attached hydrogens (primary N) is 1. The van der Waals surface area contributed by atoms with E-state index in [9.17, 15) is 15.3 Å². The number of aromatic nitrogens is 4. The third-order valence-electron chi connectivity index (χ3n) is 4.85. The molecule has 4 rings (SSSR count). The monoisotopic (exact) mass is 381 g/mol. The van der Waals surface area contributed by atoms with Crippen molar-refractivity contribution in [3.05, 3.63) is 48.2 Å². The van der Waals surface area contributed by atoms with Crippen molar-refractivity contribution >= 4 is 16.9 Å². The van der Waals surface area contributed by atoms with Crippen LogP contribution in [0.2, 0.25) is 0 Å². The third kappa shape index (κ3) is 2.89. The highest BCUT2D eigenvalue weighted by molar-refractivity contribution is 5.92. The predicted octanol–water partition coefficient (Wildman–Crippen LogP) is -0.190. The van der Waals surface area contributed by atoms with Gasteiger partial charge in [0.05, 0.1) is 17.6 Å². The Morgan fingerprint density at radius 3 is 2.71 bits per heavy atom. The number of fused-ring (bicyclic) bond motifs is 1. The molecule has 5 N–H and O–H groups in total. The molecule has 4 atom stereocenters. The standard InChI is InChI=1S/C19H19N5O4/c1-19(27)15(26)13(9-25)28-18(19)24-8-12(3-2-11-4-6-21-7-5-11)14-16(20)22-10-23-17(14)24/h4-8,10,13,15,18,25-27H,9H2,1H3,(H2,20,22,23). The second-order valence-electron chi connectivity index (χ2n) is 6.77. The highest BCUT2D eigenvalue weighted by Gasteiger charge is 2.53. The van der Waals surface area contributed by atoms with E-state index in [2.05, 4.69) is 26.8 Å². The van der Waals surface area contributed by atoms with Gasteiger partial charge in [-0.25, -0.2) is 9.97 Å². The zero-order chi connectivity index (χ0) is 19.9. The molecule has 0 amide bonds. The molecule has 0 aromatic carbocycles. The number of hydrogen-bond acceptors (Lipinski definition) is 8. The second-order valence-corrected chi connectivity index (χ2v) is 6.77. The molecule has 1 fully saturated rings. The van der Waals surface area contributed by atoms with Crippen molar-refractivity contribution in [2.45, 2.75) is 31.0 Å². The lowest BCUT2D eigenvalue weighted by molar-refractivity contribution is -0.0948. The van der Waals surface area contributed by atoms with Gasteiger partial charge >= 0.3 is 0 Å². The Hall–Kier alpha value is -3.03. The Kier molecular flexibility index (Phi) is 4.49. The lowest BCUT2D eigenvalue weighted by Gasteiger charge is -2.27. The maximum absolute atomic E-state index is 10.8. The average molecular weight is 381 g/mol. The topological polar surface area (TPSA) is 140 Å². The van der Waals surface area contributed by atoms with Crippen LogP contribution < -0.4 is 5.73 Å². The van der Waals surface area contributed by atoms with E-state index in [1.807, 2.05) is 0 Å². The van der Waals surface area contributed by atoms with E-state index in [1.165, 1.54) is 13.3 Å². The lowest BCUT2D eigenvalue weighted by atomic mass is 9.96. The van der Waals surface area contributed by atoms with Gasteiger partial charge in [-0.1, -0.05) is 11.8 Å². The van der Waals surface area contributed by atoms with Gasteiger partial charge in [0.1, 0.15) is 35.6 Å². The number of hydrogen-bond donors (Lipinski definition) is 4. The fraction of sp³-hybridized carbons (Fsp3) is 0.316. The van der Waals surface area contributed by atoms with Crippen molar-refractivity contribution in [3.8, 4) is 11.8 Å². The predicted molar refractivity (Wildman–Crippen MR) is 99.8 cm³/mol. The first-order chi connectivity index (χ1) is 13.4. The van der Waals surface area contributed by atoms with Gasteiger partial charge in [0.25, 0.3) is 0 Å². The molecule has 0 bridgehead atoms. The average Bonchev–Trinajstić information content (AvgIpc) is 3.17. The summed E-state index contributed by atoms with van der Waals surface area (Å²) in [7, 11) is 0. The number of anilines is 1. The number of rotatable bonds is 2. The molecule has 4 unspecified atom stereocenters. The number of aliphatic hydroxyl groups is 3. The molecule has 0 aliphatic carbocycles. The molecule has 0 spiro atoms. The number of ether oxygens (including phenoxy) is 1. The molecule has 9 heteroatoms. The molecule has 0 radical (unpaired) electrons.